The standard InChI is InChI=1S/C26H32O11/c1-32-18-7-12(3-5-16(18)28)24-14-10-35-25(15(14)11-34-24)13-4-6-17(19(8-13)33-2)36-26-23(31)22(30)21(29)20(9-27)37-26/h3-8,14-15,20-31H,9-11H2,1-2H3/t14-,15-,20-,21-,22+,23-,24+,25-,26-/m1/s1. The molecule has 202 valence electrons. The van der Waals surface area contributed by atoms with E-state index in [0.717, 1.165) is 11.1 Å². The van der Waals surface area contributed by atoms with E-state index in [4.69, 9.17) is 28.4 Å². The van der Waals surface area contributed by atoms with Crippen molar-refractivity contribution >= 4 is 0 Å². The van der Waals surface area contributed by atoms with Gasteiger partial charge in [0.15, 0.2) is 23.0 Å². The van der Waals surface area contributed by atoms with Crippen LogP contribution in [0.5, 0.6) is 23.0 Å². The molecule has 0 aliphatic carbocycles. The highest BCUT2D eigenvalue weighted by Gasteiger charge is 2.49. The van der Waals surface area contributed by atoms with Crippen molar-refractivity contribution in [3.8, 4) is 23.0 Å². The molecule has 3 aliphatic heterocycles. The van der Waals surface area contributed by atoms with Crippen LogP contribution in [0.4, 0.5) is 0 Å². The Labute approximate surface area is 213 Å². The van der Waals surface area contributed by atoms with Crippen molar-refractivity contribution in [1.82, 2.24) is 0 Å². The maximum Gasteiger partial charge on any atom is 0.229 e. The van der Waals surface area contributed by atoms with Crippen molar-refractivity contribution < 1.29 is 54.0 Å². The first kappa shape index (κ1) is 26.0. The molecule has 0 spiro atoms. The van der Waals surface area contributed by atoms with Crippen LogP contribution in [0.1, 0.15) is 23.3 Å². The predicted molar refractivity (Wildman–Crippen MR) is 126 cm³/mol. The highest BCUT2D eigenvalue weighted by Crippen LogP contribution is 2.51. The van der Waals surface area contributed by atoms with E-state index in [9.17, 15) is 25.5 Å². The van der Waals surface area contributed by atoms with E-state index in [2.05, 4.69) is 0 Å². The fourth-order valence-corrected chi connectivity index (χ4v) is 5.35. The molecule has 0 unspecified atom stereocenters. The van der Waals surface area contributed by atoms with Gasteiger partial charge in [0.1, 0.15) is 24.4 Å². The molecule has 2 aromatic rings. The van der Waals surface area contributed by atoms with Gasteiger partial charge in [0, 0.05) is 11.8 Å². The molecule has 3 fully saturated rings. The number of aliphatic hydroxyl groups is 4. The van der Waals surface area contributed by atoms with Crippen molar-refractivity contribution in [3.63, 3.8) is 0 Å². The van der Waals surface area contributed by atoms with Crippen molar-refractivity contribution in [2.45, 2.75) is 42.9 Å². The Balaban J connectivity index is 1.32. The highest BCUT2D eigenvalue weighted by molar-refractivity contribution is 5.45. The lowest BCUT2D eigenvalue weighted by atomic mass is 9.85. The molecule has 0 bridgehead atoms. The van der Waals surface area contributed by atoms with Crippen LogP contribution in [-0.4, -0.2) is 90.3 Å². The van der Waals surface area contributed by atoms with E-state index >= 15 is 0 Å². The first-order valence-electron chi connectivity index (χ1n) is 12.1. The van der Waals surface area contributed by atoms with E-state index < -0.39 is 37.3 Å². The summed E-state index contributed by atoms with van der Waals surface area (Å²) in [7, 11) is 2.98. The number of aromatic hydroxyl groups is 1. The smallest absolute Gasteiger partial charge is 0.229 e. The molecule has 11 nitrogen and oxygen atoms in total. The molecule has 5 rings (SSSR count). The van der Waals surface area contributed by atoms with Crippen molar-refractivity contribution in [2.24, 2.45) is 11.8 Å². The van der Waals surface area contributed by atoms with Gasteiger partial charge in [-0.25, -0.2) is 0 Å². The zero-order valence-corrected chi connectivity index (χ0v) is 20.5. The number of methoxy groups -OCH3 is 2. The minimum Gasteiger partial charge on any atom is -0.504 e. The van der Waals surface area contributed by atoms with Crippen LogP contribution < -0.4 is 14.2 Å². The van der Waals surface area contributed by atoms with Gasteiger partial charge in [-0.05, 0) is 35.4 Å². The Morgan fingerprint density at radius 3 is 1.97 bits per heavy atom. The number of rotatable bonds is 7. The number of phenols is 1. The second-order valence-corrected chi connectivity index (χ2v) is 9.49. The maximum atomic E-state index is 10.3. The van der Waals surface area contributed by atoms with Crippen LogP contribution in [0.2, 0.25) is 0 Å². The quantitative estimate of drug-likeness (QED) is 0.349. The molecule has 11 heteroatoms. The summed E-state index contributed by atoms with van der Waals surface area (Å²) in [4.78, 5) is 0. The summed E-state index contributed by atoms with van der Waals surface area (Å²) in [6.45, 7) is 0.436. The van der Waals surface area contributed by atoms with E-state index in [1.807, 2.05) is 12.1 Å². The number of fused-ring (bicyclic) bond motifs is 1. The third-order valence-corrected chi connectivity index (χ3v) is 7.40. The molecule has 0 radical (unpaired) electrons. The van der Waals surface area contributed by atoms with Gasteiger partial charge in [-0.15, -0.1) is 0 Å². The Hall–Kier alpha value is -2.64. The first-order chi connectivity index (χ1) is 17.9. The Kier molecular flexibility index (Phi) is 7.46. The second-order valence-electron chi connectivity index (χ2n) is 9.49. The normalized spacial score (nSPS) is 35.2. The molecular formula is C26H32O11. The van der Waals surface area contributed by atoms with Crippen molar-refractivity contribution in [2.75, 3.05) is 34.0 Å². The van der Waals surface area contributed by atoms with E-state index in [-0.39, 0.29) is 35.5 Å². The van der Waals surface area contributed by atoms with Gasteiger partial charge < -0.3 is 54.0 Å². The average Bonchev–Trinajstić information content (AvgIpc) is 3.52. The lowest BCUT2D eigenvalue weighted by Crippen LogP contribution is -2.60. The van der Waals surface area contributed by atoms with E-state index in [0.29, 0.717) is 24.7 Å². The minimum absolute atomic E-state index is 0.0689. The largest absolute Gasteiger partial charge is 0.504 e. The van der Waals surface area contributed by atoms with Gasteiger partial charge in [-0.3, -0.25) is 0 Å². The Bertz CT molecular complexity index is 1090. The Morgan fingerprint density at radius 1 is 0.784 bits per heavy atom. The number of benzene rings is 2. The molecule has 3 heterocycles. The number of phenolic OH excluding ortho intramolecular Hbond substituents is 1. The molecule has 0 amide bonds. The topological polar surface area (TPSA) is 157 Å². The van der Waals surface area contributed by atoms with Crippen LogP contribution in [0.3, 0.4) is 0 Å². The molecular weight excluding hydrogens is 488 g/mol. The zero-order valence-electron chi connectivity index (χ0n) is 20.5. The second kappa shape index (κ2) is 10.6. The molecule has 37 heavy (non-hydrogen) atoms. The number of aliphatic hydroxyl groups excluding tert-OH is 4. The lowest BCUT2D eigenvalue weighted by molar-refractivity contribution is -0.277. The van der Waals surface area contributed by atoms with Crippen LogP contribution in [0.25, 0.3) is 0 Å². The third-order valence-electron chi connectivity index (χ3n) is 7.40. The molecule has 9 atom stereocenters. The van der Waals surface area contributed by atoms with Gasteiger partial charge in [0.2, 0.25) is 6.29 Å². The van der Waals surface area contributed by atoms with Gasteiger partial charge in [0.25, 0.3) is 0 Å². The van der Waals surface area contributed by atoms with Crippen LogP contribution in [-0.2, 0) is 14.2 Å². The molecule has 5 N–H and O–H groups in total. The summed E-state index contributed by atoms with van der Waals surface area (Å²) >= 11 is 0. The van der Waals surface area contributed by atoms with Gasteiger partial charge >= 0.3 is 0 Å². The fourth-order valence-electron chi connectivity index (χ4n) is 5.35. The zero-order chi connectivity index (χ0) is 26.3. The van der Waals surface area contributed by atoms with Crippen molar-refractivity contribution in [3.05, 3.63) is 47.5 Å². The Morgan fingerprint density at radius 2 is 1.38 bits per heavy atom. The van der Waals surface area contributed by atoms with Crippen molar-refractivity contribution in [1.29, 1.82) is 0 Å². The van der Waals surface area contributed by atoms with Crippen LogP contribution >= 0.6 is 0 Å². The first-order valence-corrected chi connectivity index (χ1v) is 12.1. The SMILES string of the molecule is COc1cc([C@@H]2OC[C@@H]3[C@H]2CO[C@@H]3c2ccc(O[C@@H]3O[C@H](CO)[C@@H](O)[C@H](O)[C@H]3O)c(OC)c2)ccc1O. The monoisotopic (exact) mass is 520 g/mol. The van der Waals surface area contributed by atoms with Gasteiger partial charge in [0.05, 0.1) is 46.2 Å². The average molecular weight is 521 g/mol. The fraction of sp³-hybridized carbons (Fsp3) is 0.538. The van der Waals surface area contributed by atoms with Crippen LogP contribution in [0.15, 0.2) is 36.4 Å². The van der Waals surface area contributed by atoms with E-state index in [1.54, 1.807) is 24.3 Å². The molecule has 3 aliphatic rings. The summed E-state index contributed by atoms with van der Waals surface area (Å²) in [5.74, 6) is 1.27. The number of ether oxygens (including phenoxy) is 6. The predicted octanol–water partition coefficient (Wildman–Crippen LogP) is 0.663. The number of hydrogen-bond acceptors (Lipinski definition) is 11. The highest BCUT2D eigenvalue weighted by atomic mass is 16.7. The third kappa shape index (κ3) is 4.72. The summed E-state index contributed by atoms with van der Waals surface area (Å²) in [5.41, 5.74) is 1.77. The molecule has 2 aromatic carbocycles. The van der Waals surface area contributed by atoms with Gasteiger partial charge in [-0.1, -0.05) is 12.1 Å². The summed E-state index contributed by atoms with van der Waals surface area (Å²) < 4.78 is 34.3. The number of hydrogen-bond donors (Lipinski definition) is 5. The summed E-state index contributed by atoms with van der Waals surface area (Å²) in [5, 5.41) is 49.7. The van der Waals surface area contributed by atoms with Crippen LogP contribution in [0, 0.1) is 11.8 Å². The molecule has 0 aromatic heterocycles. The van der Waals surface area contributed by atoms with Gasteiger partial charge in [-0.2, -0.15) is 0 Å². The minimum atomic E-state index is -1.55. The maximum absolute atomic E-state index is 10.3. The lowest BCUT2D eigenvalue weighted by Gasteiger charge is -2.39. The van der Waals surface area contributed by atoms with E-state index in [1.165, 1.54) is 14.2 Å². The summed E-state index contributed by atoms with van der Waals surface area (Å²) in [6.07, 6.45) is -7.41. The molecule has 3 saturated heterocycles. The molecule has 0 saturated carbocycles. The summed E-state index contributed by atoms with van der Waals surface area (Å²) in [6, 6.07) is 10.5.